The summed E-state index contributed by atoms with van der Waals surface area (Å²) in [5.41, 5.74) is 4.08. The fraction of sp³-hybridized carbons (Fsp3) is 0.167. The maximum Gasteiger partial charge on any atom is 0.262 e. The van der Waals surface area contributed by atoms with Crippen molar-refractivity contribution >= 4 is 23.6 Å². The Morgan fingerprint density at radius 2 is 1.90 bits per heavy atom. The van der Waals surface area contributed by atoms with Gasteiger partial charge in [-0.3, -0.25) is 4.79 Å². The number of nitrogens with zero attached hydrogens (tertiary/aromatic N) is 2. The summed E-state index contributed by atoms with van der Waals surface area (Å²) < 4.78 is 15.4. The number of aromatic nitrogens is 1. The summed E-state index contributed by atoms with van der Waals surface area (Å²) in [7, 11) is 0. The van der Waals surface area contributed by atoms with E-state index in [4.69, 9.17) is 11.6 Å². The molecule has 3 rings (SSSR count). The number of hydrogen-bond donors (Lipinski definition) is 1. The average Bonchev–Trinajstić information content (AvgIpc) is 3.01. The van der Waals surface area contributed by atoms with Crippen molar-refractivity contribution < 1.29 is 9.18 Å². The zero-order valence-corrected chi connectivity index (χ0v) is 17.7. The van der Waals surface area contributed by atoms with Gasteiger partial charge in [0.25, 0.3) is 5.91 Å². The Morgan fingerprint density at radius 1 is 1.20 bits per heavy atom. The van der Waals surface area contributed by atoms with Gasteiger partial charge in [-0.25, -0.2) is 4.39 Å². The fourth-order valence-corrected chi connectivity index (χ4v) is 3.53. The zero-order valence-electron chi connectivity index (χ0n) is 16.9. The highest BCUT2D eigenvalue weighted by atomic mass is 35.5. The van der Waals surface area contributed by atoms with Crippen molar-refractivity contribution in [2.75, 3.05) is 0 Å². The first kappa shape index (κ1) is 21.4. The van der Waals surface area contributed by atoms with E-state index >= 15 is 0 Å². The number of carbonyl (C=O) groups is 1. The summed E-state index contributed by atoms with van der Waals surface area (Å²) >= 11 is 5.93. The number of nitriles is 1. The molecule has 1 atom stereocenters. The molecule has 1 amide bonds. The van der Waals surface area contributed by atoms with E-state index in [9.17, 15) is 14.4 Å². The Kier molecular flexibility index (Phi) is 6.39. The molecule has 2 aromatic carbocycles. The van der Waals surface area contributed by atoms with Crippen molar-refractivity contribution in [1.82, 2.24) is 9.88 Å². The number of nitrogens with one attached hydrogen (secondary N) is 1. The van der Waals surface area contributed by atoms with Gasteiger partial charge in [0.2, 0.25) is 0 Å². The average molecular weight is 422 g/mol. The molecule has 0 unspecified atom stereocenters. The number of benzene rings is 2. The number of hydrogen-bond acceptors (Lipinski definition) is 2. The molecule has 0 aliphatic rings. The van der Waals surface area contributed by atoms with E-state index in [-0.39, 0.29) is 16.6 Å². The van der Waals surface area contributed by atoms with Gasteiger partial charge in [0.15, 0.2) is 0 Å². The Hall–Kier alpha value is -3.36. The molecule has 0 spiro atoms. The van der Waals surface area contributed by atoms with E-state index in [2.05, 4.69) is 5.32 Å². The minimum Gasteiger partial charge on any atom is -0.345 e. The van der Waals surface area contributed by atoms with Crippen molar-refractivity contribution in [2.45, 2.75) is 26.8 Å². The van der Waals surface area contributed by atoms with E-state index < -0.39 is 11.7 Å². The van der Waals surface area contributed by atoms with Crippen LogP contribution < -0.4 is 5.32 Å². The summed E-state index contributed by atoms with van der Waals surface area (Å²) in [6, 6.07) is 17.7. The third-order valence-electron chi connectivity index (χ3n) is 4.94. The molecule has 0 bridgehead atoms. The molecule has 6 heteroatoms. The smallest absolute Gasteiger partial charge is 0.262 e. The van der Waals surface area contributed by atoms with E-state index in [1.807, 2.05) is 67.8 Å². The van der Waals surface area contributed by atoms with Crippen molar-refractivity contribution in [2.24, 2.45) is 0 Å². The second-order valence-corrected chi connectivity index (χ2v) is 7.44. The fourth-order valence-electron chi connectivity index (χ4n) is 3.36. The highest BCUT2D eigenvalue weighted by Crippen LogP contribution is 2.26. The molecular weight excluding hydrogens is 401 g/mol. The first-order valence-corrected chi connectivity index (χ1v) is 9.81. The molecule has 0 fully saturated rings. The molecule has 0 saturated carbocycles. The summed E-state index contributed by atoms with van der Waals surface area (Å²) in [5.74, 6) is -0.928. The van der Waals surface area contributed by atoms with Crippen LogP contribution in [0.5, 0.6) is 0 Å². The lowest BCUT2D eigenvalue weighted by atomic mass is 10.1. The quantitative estimate of drug-likeness (QED) is 0.426. The highest BCUT2D eigenvalue weighted by Gasteiger charge is 2.16. The topological polar surface area (TPSA) is 57.8 Å². The molecule has 0 aliphatic carbocycles. The second-order valence-electron chi connectivity index (χ2n) is 7.04. The molecule has 1 heterocycles. The normalized spacial score (nSPS) is 12.3. The summed E-state index contributed by atoms with van der Waals surface area (Å²) in [6.07, 6.45) is 1.57. The van der Waals surface area contributed by atoms with Gasteiger partial charge in [0.05, 0.1) is 11.1 Å². The SMILES string of the molecule is Cc1cc(/C=C(/C#N)C(=O)N[C@H](C)c2ccccc2)c(C)n1-c1ccc(F)c(Cl)c1. The largest absolute Gasteiger partial charge is 0.345 e. The third-order valence-corrected chi connectivity index (χ3v) is 5.23. The minimum atomic E-state index is -0.487. The molecule has 30 heavy (non-hydrogen) atoms. The van der Waals surface area contributed by atoms with Crippen LogP contribution in [0.15, 0.2) is 60.2 Å². The first-order chi connectivity index (χ1) is 14.3. The van der Waals surface area contributed by atoms with E-state index in [0.29, 0.717) is 5.69 Å². The number of halogens is 2. The molecular formula is C24H21ClFN3O. The van der Waals surface area contributed by atoms with Gasteiger partial charge >= 0.3 is 0 Å². The van der Waals surface area contributed by atoms with Crippen LogP contribution in [-0.4, -0.2) is 10.5 Å². The van der Waals surface area contributed by atoms with Crippen molar-refractivity contribution in [3.8, 4) is 11.8 Å². The number of aryl methyl sites for hydroxylation is 1. The predicted octanol–water partition coefficient (Wildman–Crippen LogP) is 5.67. The van der Waals surface area contributed by atoms with Gasteiger partial charge in [-0.1, -0.05) is 41.9 Å². The predicted molar refractivity (Wildman–Crippen MR) is 117 cm³/mol. The molecule has 0 aliphatic heterocycles. The van der Waals surface area contributed by atoms with Gasteiger partial charge in [0, 0.05) is 17.1 Å². The van der Waals surface area contributed by atoms with Gasteiger partial charge in [0.1, 0.15) is 17.5 Å². The molecule has 4 nitrogen and oxygen atoms in total. The van der Waals surface area contributed by atoms with Gasteiger partial charge in [-0.2, -0.15) is 5.26 Å². The van der Waals surface area contributed by atoms with E-state index in [1.54, 1.807) is 18.2 Å². The third kappa shape index (κ3) is 4.45. The number of carbonyl (C=O) groups excluding carboxylic acids is 1. The Bertz CT molecular complexity index is 1160. The highest BCUT2D eigenvalue weighted by molar-refractivity contribution is 6.30. The monoisotopic (exact) mass is 421 g/mol. The van der Waals surface area contributed by atoms with Gasteiger partial charge in [-0.05, 0) is 62.2 Å². The molecule has 152 valence electrons. The standard InChI is InChI=1S/C24H21ClFN3O/c1-15-11-19(17(3)29(15)21-9-10-23(26)22(25)13-21)12-20(14-27)24(30)28-16(2)18-7-5-4-6-8-18/h4-13,16H,1-3H3,(H,28,30)/b20-12-/t16-/m1/s1. The molecule has 0 saturated heterocycles. The molecule has 1 aromatic heterocycles. The van der Waals surface area contributed by atoms with Gasteiger partial charge in [-0.15, -0.1) is 0 Å². The summed E-state index contributed by atoms with van der Waals surface area (Å²) in [6.45, 7) is 5.63. The van der Waals surface area contributed by atoms with Gasteiger partial charge < -0.3 is 9.88 Å². The summed E-state index contributed by atoms with van der Waals surface area (Å²) in [5, 5.41) is 12.4. The second kappa shape index (κ2) is 8.98. The van der Waals surface area contributed by atoms with Crippen LogP contribution in [0.25, 0.3) is 11.8 Å². The van der Waals surface area contributed by atoms with Crippen LogP contribution in [0.2, 0.25) is 5.02 Å². The Labute approximate surface area is 180 Å². The van der Waals surface area contributed by atoms with Crippen LogP contribution in [0.3, 0.4) is 0 Å². The van der Waals surface area contributed by atoms with Crippen molar-refractivity contribution in [3.63, 3.8) is 0 Å². The van der Waals surface area contributed by atoms with Crippen LogP contribution in [0, 0.1) is 31.0 Å². The lowest BCUT2D eigenvalue weighted by Gasteiger charge is -2.13. The van der Waals surface area contributed by atoms with Crippen LogP contribution >= 0.6 is 11.6 Å². The molecule has 0 radical (unpaired) electrons. The zero-order chi connectivity index (χ0) is 21.8. The van der Waals surface area contributed by atoms with E-state index in [1.165, 1.54) is 6.07 Å². The van der Waals surface area contributed by atoms with Crippen molar-refractivity contribution in [3.05, 3.63) is 93.5 Å². The van der Waals surface area contributed by atoms with E-state index in [0.717, 1.165) is 22.5 Å². The maximum absolute atomic E-state index is 13.5. The summed E-state index contributed by atoms with van der Waals surface area (Å²) in [4.78, 5) is 12.6. The minimum absolute atomic E-state index is 0.00942. The lowest BCUT2D eigenvalue weighted by molar-refractivity contribution is -0.117. The van der Waals surface area contributed by atoms with Crippen LogP contribution in [0.1, 0.15) is 35.5 Å². The molecule has 3 aromatic rings. The van der Waals surface area contributed by atoms with Crippen LogP contribution in [-0.2, 0) is 4.79 Å². The number of rotatable bonds is 5. The lowest BCUT2D eigenvalue weighted by Crippen LogP contribution is -2.27. The first-order valence-electron chi connectivity index (χ1n) is 9.43. The molecule has 1 N–H and O–H groups in total. The number of amides is 1. The maximum atomic E-state index is 13.5. The van der Waals surface area contributed by atoms with Crippen molar-refractivity contribution in [1.29, 1.82) is 5.26 Å². The Morgan fingerprint density at radius 3 is 2.53 bits per heavy atom. The Balaban J connectivity index is 1.90. The van der Waals surface area contributed by atoms with Crippen LogP contribution in [0.4, 0.5) is 4.39 Å².